The highest BCUT2D eigenvalue weighted by molar-refractivity contribution is 6.00. The highest BCUT2D eigenvalue weighted by atomic mass is 16.5. The average Bonchev–Trinajstić information content (AvgIpc) is 2.47. The quantitative estimate of drug-likeness (QED) is 0.643. The normalized spacial score (nSPS) is 10.1. The van der Waals surface area contributed by atoms with E-state index in [0.29, 0.717) is 12.1 Å². The number of nitrogens with two attached hydrogens (primary N) is 1. The Hall–Kier alpha value is -2.56. The lowest BCUT2D eigenvalue weighted by Gasteiger charge is -2.22. The van der Waals surface area contributed by atoms with Crippen LogP contribution >= 0.6 is 0 Å². The molecular weight excluding hydrogens is 252 g/mol. The van der Waals surface area contributed by atoms with Crippen LogP contribution in [0.2, 0.25) is 0 Å². The van der Waals surface area contributed by atoms with Crippen molar-refractivity contribution in [1.29, 1.82) is 5.41 Å². The number of aromatic nitrogens is 1. The summed E-state index contributed by atoms with van der Waals surface area (Å²) < 4.78 is 5.35. The van der Waals surface area contributed by atoms with Crippen molar-refractivity contribution >= 4 is 11.5 Å². The number of nitrogens with one attached hydrogen (secondary N) is 1. The summed E-state index contributed by atoms with van der Waals surface area (Å²) in [5, 5.41) is 7.63. The van der Waals surface area contributed by atoms with Crippen molar-refractivity contribution in [3.8, 4) is 5.75 Å². The molecule has 0 spiro atoms. The van der Waals surface area contributed by atoms with Crippen LogP contribution in [0.1, 0.15) is 11.1 Å². The second-order valence-corrected chi connectivity index (χ2v) is 4.47. The van der Waals surface area contributed by atoms with E-state index in [-0.39, 0.29) is 5.84 Å². The standard InChI is InChI=1S/C15H18N4O/c1-19(10-11-5-3-4-6-14(11)20-2)13-9-18-8-7-12(13)15(16)17/h3-9H,10H2,1-2H3,(H3,16,17). The largest absolute Gasteiger partial charge is 0.496 e. The van der Waals surface area contributed by atoms with Gasteiger partial charge in [0.1, 0.15) is 11.6 Å². The van der Waals surface area contributed by atoms with Crippen LogP contribution in [0.5, 0.6) is 5.75 Å². The van der Waals surface area contributed by atoms with Gasteiger partial charge in [0.15, 0.2) is 0 Å². The first-order valence-electron chi connectivity index (χ1n) is 6.25. The van der Waals surface area contributed by atoms with Crippen LogP contribution in [0.4, 0.5) is 5.69 Å². The molecule has 3 N–H and O–H groups in total. The van der Waals surface area contributed by atoms with Crippen LogP contribution in [0.15, 0.2) is 42.7 Å². The van der Waals surface area contributed by atoms with Gasteiger partial charge in [0, 0.05) is 30.9 Å². The molecule has 0 aliphatic carbocycles. The summed E-state index contributed by atoms with van der Waals surface area (Å²) >= 11 is 0. The van der Waals surface area contributed by atoms with E-state index in [9.17, 15) is 0 Å². The van der Waals surface area contributed by atoms with E-state index in [4.69, 9.17) is 15.9 Å². The van der Waals surface area contributed by atoms with Crippen molar-refractivity contribution < 1.29 is 4.74 Å². The lowest BCUT2D eigenvalue weighted by Crippen LogP contribution is -2.22. The van der Waals surface area contributed by atoms with Crippen LogP contribution in [0, 0.1) is 5.41 Å². The summed E-state index contributed by atoms with van der Waals surface area (Å²) in [6.07, 6.45) is 3.35. The fourth-order valence-electron chi connectivity index (χ4n) is 2.09. The number of methoxy groups -OCH3 is 1. The smallest absolute Gasteiger partial charge is 0.125 e. The maximum Gasteiger partial charge on any atom is 0.125 e. The van der Waals surface area contributed by atoms with E-state index in [2.05, 4.69) is 4.98 Å². The van der Waals surface area contributed by atoms with Gasteiger partial charge in [0.2, 0.25) is 0 Å². The third-order valence-electron chi connectivity index (χ3n) is 3.10. The van der Waals surface area contributed by atoms with E-state index >= 15 is 0 Å². The molecule has 0 radical (unpaired) electrons. The van der Waals surface area contributed by atoms with Crippen molar-refractivity contribution in [1.82, 2.24) is 4.98 Å². The van der Waals surface area contributed by atoms with Crippen LogP contribution in [-0.4, -0.2) is 25.0 Å². The minimum atomic E-state index is 0.0364. The molecule has 2 rings (SSSR count). The van der Waals surface area contributed by atoms with Crippen LogP contribution < -0.4 is 15.4 Å². The second kappa shape index (κ2) is 6.06. The van der Waals surface area contributed by atoms with Gasteiger partial charge in [-0.2, -0.15) is 0 Å². The Morgan fingerprint density at radius 2 is 2.10 bits per heavy atom. The van der Waals surface area contributed by atoms with Gasteiger partial charge in [-0.1, -0.05) is 18.2 Å². The highest BCUT2D eigenvalue weighted by Crippen LogP contribution is 2.23. The second-order valence-electron chi connectivity index (χ2n) is 4.47. The van der Waals surface area contributed by atoms with Gasteiger partial charge >= 0.3 is 0 Å². The van der Waals surface area contributed by atoms with Crippen molar-refractivity contribution in [2.75, 3.05) is 19.1 Å². The monoisotopic (exact) mass is 270 g/mol. The lowest BCUT2D eigenvalue weighted by molar-refractivity contribution is 0.409. The number of rotatable bonds is 5. The van der Waals surface area contributed by atoms with Gasteiger partial charge in [-0.15, -0.1) is 0 Å². The lowest BCUT2D eigenvalue weighted by atomic mass is 10.1. The molecular formula is C15H18N4O. The molecule has 0 aliphatic rings. The molecule has 5 nitrogen and oxygen atoms in total. The molecule has 0 amide bonds. The molecule has 0 aliphatic heterocycles. The van der Waals surface area contributed by atoms with E-state index in [1.807, 2.05) is 36.2 Å². The van der Waals surface area contributed by atoms with E-state index in [0.717, 1.165) is 17.0 Å². The Morgan fingerprint density at radius 1 is 1.35 bits per heavy atom. The Bertz CT molecular complexity index is 612. The molecule has 0 bridgehead atoms. The number of anilines is 1. The number of amidine groups is 1. The fourth-order valence-corrected chi connectivity index (χ4v) is 2.09. The minimum absolute atomic E-state index is 0.0364. The van der Waals surface area contributed by atoms with Gasteiger partial charge in [-0.05, 0) is 12.1 Å². The predicted molar refractivity (Wildman–Crippen MR) is 80.4 cm³/mol. The average molecular weight is 270 g/mol. The minimum Gasteiger partial charge on any atom is -0.496 e. The number of para-hydroxylation sites is 1. The SMILES string of the molecule is COc1ccccc1CN(C)c1cnccc1C(=N)N. The molecule has 0 unspecified atom stereocenters. The van der Waals surface area contributed by atoms with Gasteiger partial charge < -0.3 is 15.4 Å². The molecule has 1 heterocycles. The summed E-state index contributed by atoms with van der Waals surface area (Å²) in [7, 11) is 3.60. The summed E-state index contributed by atoms with van der Waals surface area (Å²) in [6, 6.07) is 9.60. The molecule has 20 heavy (non-hydrogen) atoms. The molecule has 104 valence electrons. The number of pyridine rings is 1. The topological polar surface area (TPSA) is 75.2 Å². The molecule has 0 saturated heterocycles. The number of nitrogens with zero attached hydrogens (tertiary/aromatic N) is 2. The predicted octanol–water partition coefficient (Wildman–Crippen LogP) is 2.01. The molecule has 0 atom stereocenters. The van der Waals surface area contributed by atoms with Gasteiger partial charge in [-0.3, -0.25) is 10.4 Å². The summed E-state index contributed by atoms with van der Waals surface area (Å²) in [5.41, 5.74) is 8.17. The number of hydrogen-bond donors (Lipinski definition) is 2. The first kappa shape index (κ1) is 13.9. The van der Waals surface area contributed by atoms with Crippen LogP contribution in [0.25, 0.3) is 0 Å². The number of hydrogen-bond acceptors (Lipinski definition) is 4. The van der Waals surface area contributed by atoms with Crippen molar-refractivity contribution in [2.24, 2.45) is 5.73 Å². The van der Waals surface area contributed by atoms with E-state index in [1.54, 1.807) is 25.6 Å². The first-order chi connectivity index (χ1) is 9.63. The van der Waals surface area contributed by atoms with Crippen molar-refractivity contribution in [2.45, 2.75) is 6.54 Å². The molecule has 5 heteroatoms. The molecule has 0 fully saturated rings. The third kappa shape index (κ3) is 2.88. The highest BCUT2D eigenvalue weighted by Gasteiger charge is 2.12. The van der Waals surface area contributed by atoms with Gasteiger partial charge in [0.25, 0.3) is 0 Å². The fraction of sp³-hybridized carbons (Fsp3) is 0.200. The Labute approximate surface area is 118 Å². The first-order valence-corrected chi connectivity index (χ1v) is 6.25. The molecule has 2 aromatic rings. The van der Waals surface area contributed by atoms with E-state index < -0.39 is 0 Å². The Morgan fingerprint density at radius 3 is 2.80 bits per heavy atom. The van der Waals surface area contributed by atoms with E-state index in [1.165, 1.54) is 0 Å². The zero-order chi connectivity index (χ0) is 14.5. The zero-order valence-corrected chi connectivity index (χ0v) is 11.6. The Kier molecular flexibility index (Phi) is 4.20. The number of nitrogen functional groups attached to an aromatic ring is 1. The zero-order valence-electron chi connectivity index (χ0n) is 11.6. The Balaban J connectivity index is 2.29. The third-order valence-corrected chi connectivity index (χ3v) is 3.10. The molecule has 1 aromatic heterocycles. The molecule has 1 aromatic carbocycles. The maximum atomic E-state index is 7.63. The summed E-state index contributed by atoms with van der Waals surface area (Å²) in [6.45, 7) is 0.649. The molecule has 0 saturated carbocycles. The van der Waals surface area contributed by atoms with Crippen molar-refractivity contribution in [3.05, 3.63) is 53.9 Å². The maximum absolute atomic E-state index is 7.63. The van der Waals surface area contributed by atoms with Crippen LogP contribution in [0.3, 0.4) is 0 Å². The van der Waals surface area contributed by atoms with Gasteiger partial charge in [0.05, 0.1) is 19.0 Å². The van der Waals surface area contributed by atoms with Gasteiger partial charge in [-0.25, -0.2) is 0 Å². The number of benzene rings is 1. The summed E-state index contributed by atoms with van der Waals surface area (Å²) in [5.74, 6) is 0.877. The van der Waals surface area contributed by atoms with Crippen LogP contribution in [-0.2, 0) is 6.54 Å². The number of ether oxygens (including phenoxy) is 1. The van der Waals surface area contributed by atoms with Crippen molar-refractivity contribution in [3.63, 3.8) is 0 Å². The summed E-state index contributed by atoms with van der Waals surface area (Å²) in [4.78, 5) is 6.11.